The predicted octanol–water partition coefficient (Wildman–Crippen LogP) is 2.70. The third-order valence-electron chi connectivity index (χ3n) is 3.45. The molecule has 0 aliphatic rings. The van der Waals surface area contributed by atoms with Crippen molar-refractivity contribution in [2.24, 2.45) is 0 Å². The second-order valence-corrected chi connectivity index (χ2v) is 5.10. The molecule has 21 heavy (non-hydrogen) atoms. The lowest BCUT2D eigenvalue weighted by Gasteiger charge is -2.14. The summed E-state index contributed by atoms with van der Waals surface area (Å²) in [5.41, 5.74) is 2.43. The summed E-state index contributed by atoms with van der Waals surface area (Å²) in [6.45, 7) is 3.07. The smallest absolute Gasteiger partial charge is 0.233 e. The van der Waals surface area contributed by atoms with Crippen molar-refractivity contribution in [2.75, 3.05) is 13.1 Å². The maximum Gasteiger partial charge on any atom is 0.233 e. The van der Waals surface area contributed by atoms with Crippen LogP contribution in [0.15, 0.2) is 60.7 Å². The van der Waals surface area contributed by atoms with Crippen molar-refractivity contribution in [2.45, 2.75) is 19.4 Å². The zero-order valence-electron chi connectivity index (χ0n) is 12.4. The van der Waals surface area contributed by atoms with Crippen molar-refractivity contribution in [3.05, 3.63) is 71.8 Å². The van der Waals surface area contributed by atoms with Gasteiger partial charge in [-0.1, -0.05) is 60.7 Å². The van der Waals surface area contributed by atoms with E-state index in [1.807, 2.05) is 36.4 Å². The summed E-state index contributed by atoms with van der Waals surface area (Å²) in [6.07, 6.45) is 0.862. The Bertz CT molecular complexity index is 540. The molecule has 3 nitrogen and oxygen atoms in total. The molecule has 2 N–H and O–H groups in total. The van der Waals surface area contributed by atoms with E-state index in [-0.39, 0.29) is 11.9 Å². The monoisotopic (exact) mass is 282 g/mol. The normalized spacial score (nSPS) is 11.9. The van der Waals surface area contributed by atoms with Crippen LogP contribution in [0.4, 0.5) is 0 Å². The minimum absolute atomic E-state index is 0.0358. The largest absolute Gasteiger partial charge is 0.355 e. The fraction of sp³-hybridized carbons (Fsp3) is 0.278. The lowest BCUT2D eigenvalue weighted by molar-refractivity contribution is -0.120. The molecule has 1 atom stereocenters. The molecule has 0 aromatic heterocycles. The minimum atomic E-state index is 0.0358. The number of hydrogen-bond acceptors (Lipinski definition) is 2. The molecule has 0 radical (unpaired) electrons. The molecular weight excluding hydrogens is 260 g/mol. The molecule has 2 aromatic carbocycles. The highest BCUT2D eigenvalue weighted by Crippen LogP contribution is 2.10. The molecule has 0 fully saturated rings. The minimum Gasteiger partial charge on any atom is -0.355 e. The summed E-state index contributed by atoms with van der Waals surface area (Å²) in [4.78, 5) is 11.8. The highest BCUT2D eigenvalue weighted by molar-refractivity contribution is 5.78. The van der Waals surface area contributed by atoms with Gasteiger partial charge in [-0.05, 0) is 24.5 Å². The van der Waals surface area contributed by atoms with Gasteiger partial charge in [0.25, 0.3) is 0 Å². The first-order valence-corrected chi connectivity index (χ1v) is 7.34. The number of amides is 1. The first kappa shape index (κ1) is 15.3. The van der Waals surface area contributed by atoms with Crippen LogP contribution in [0.3, 0.4) is 0 Å². The van der Waals surface area contributed by atoms with Crippen LogP contribution in [0.2, 0.25) is 0 Å². The van der Waals surface area contributed by atoms with Crippen LogP contribution < -0.4 is 10.6 Å². The van der Waals surface area contributed by atoms with Crippen LogP contribution in [-0.4, -0.2) is 19.0 Å². The lowest BCUT2D eigenvalue weighted by Crippen LogP contribution is -2.36. The zero-order valence-corrected chi connectivity index (χ0v) is 12.4. The molecule has 0 unspecified atom stereocenters. The number of carbonyl (C=O) groups is 1. The Morgan fingerprint density at radius 1 is 1.00 bits per heavy atom. The van der Waals surface area contributed by atoms with E-state index in [9.17, 15) is 4.79 Å². The van der Waals surface area contributed by atoms with Gasteiger partial charge in [-0.2, -0.15) is 0 Å². The Labute approximate surface area is 126 Å². The van der Waals surface area contributed by atoms with Gasteiger partial charge in [0, 0.05) is 12.6 Å². The van der Waals surface area contributed by atoms with Gasteiger partial charge in [-0.3, -0.25) is 4.79 Å². The van der Waals surface area contributed by atoms with E-state index in [1.165, 1.54) is 11.1 Å². The topological polar surface area (TPSA) is 41.1 Å². The third kappa shape index (κ3) is 5.40. The van der Waals surface area contributed by atoms with E-state index in [1.54, 1.807) is 0 Å². The van der Waals surface area contributed by atoms with Crippen LogP contribution in [-0.2, 0) is 11.2 Å². The molecule has 0 saturated heterocycles. The molecular formula is C18H22N2O. The van der Waals surface area contributed by atoms with Gasteiger partial charge in [0.15, 0.2) is 0 Å². The summed E-state index contributed by atoms with van der Waals surface area (Å²) < 4.78 is 0. The maximum absolute atomic E-state index is 11.8. The second-order valence-electron chi connectivity index (χ2n) is 5.10. The summed E-state index contributed by atoms with van der Waals surface area (Å²) >= 11 is 0. The highest BCUT2D eigenvalue weighted by atomic mass is 16.1. The maximum atomic E-state index is 11.8. The number of hydrogen-bond donors (Lipinski definition) is 2. The Hall–Kier alpha value is -2.13. The van der Waals surface area contributed by atoms with Crippen LogP contribution in [0.25, 0.3) is 0 Å². The Kier molecular flexibility index (Phi) is 5.98. The van der Waals surface area contributed by atoms with E-state index in [2.05, 4.69) is 41.8 Å². The molecule has 2 aromatic rings. The number of carbonyl (C=O) groups excluding carboxylic acids is 1. The van der Waals surface area contributed by atoms with Gasteiger partial charge < -0.3 is 10.6 Å². The fourth-order valence-electron chi connectivity index (χ4n) is 2.16. The van der Waals surface area contributed by atoms with Crippen molar-refractivity contribution in [1.29, 1.82) is 0 Å². The zero-order chi connectivity index (χ0) is 14.9. The third-order valence-corrected chi connectivity index (χ3v) is 3.45. The van der Waals surface area contributed by atoms with Gasteiger partial charge in [-0.15, -0.1) is 0 Å². The average Bonchev–Trinajstić information content (AvgIpc) is 2.54. The van der Waals surface area contributed by atoms with E-state index in [0.717, 1.165) is 6.42 Å². The summed E-state index contributed by atoms with van der Waals surface area (Å²) in [7, 11) is 0. The first-order chi connectivity index (χ1) is 10.3. The van der Waals surface area contributed by atoms with Crippen molar-refractivity contribution in [3.63, 3.8) is 0 Å². The van der Waals surface area contributed by atoms with E-state index < -0.39 is 0 Å². The van der Waals surface area contributed by atoms with Crippen molar-refractivity contribution >= 4 is 5.91 Å². The highest BCUT2D eigenvalue weighted by Gasteiger charge is 2.06. The molecule has 0 spiro atoms. The molecule has 0 aliphatic heterocycles. The number of nitrogens with one attached hydrogen (secondary N) is 2. The second kappa shape index (κ2) is 8.22. The van der Waals surface area contributed by atoms with E-state index in [4.69, 9.17) is 0 Å². The molecule has 1 amide bonds. The van der Waals surface area contributed by atoms with Crippen molar-refractivity contribution in [1.82, 2.24) is 10.6 Å². The van der Waals surface area contributed by atoms with Crippen LogP contribution in [0, 0.1) is 0 Å². The summed E-state index contributed by atoms with van der Waals surface area (Å²) in [6, 6.07) is 20.5. The Morgan fingerprint density at radius 3 is 2.29 bits per heavy atom. The predicted molar refractivity (Wildman–Crippen MR) is 86.0 cm³/mol. The van der Waals surface area contributed by atoms with Crippen LogP contribution in [0.5, 0.6) is 0 Å². The molecule has 0 heterocycles. The van der Waals surface area contributed by atoms with Crippen LogP contribution >= 0.6 is 0 Å². The molecule has 110 valence electrons. The Morgan fingerprint density at radius 2 is 1.62 bits per heavy atom. The van der Waals surface area contributed by atoms with E-state index in [0.29, 0.717) is 13.1 Å². The van der Waals surface area contributed by atoms with Gasteiger partial charge >= 0.3 is 0 Å². The van der Waals surface area contributed by atoms with Crippen LogP contribution in [0.1, 0.15) is 24.1 Å². The summed E-state index contributed by atoms with van der Waals surface area (Å²) in [5.74, 6) is 0.0358. The quantitative estimate of drug-likeness (QED) is 0.820. The van der Waals surface area contributed by atoms with Crippen molar-refractivity contribution in [3.8, 4) is 0 Å². The van der Waals surface area contributed by atoms with Gasteiger partial charge in [0.1, 0.15) is 0 Å². The van der Waals surface area contributed by atoms with Gasteiger partial charge in [0.2, 0.25) is 5.91 Å². The lowest BCUT2D eigenvalue weighted by atomic mass is 10.1. The molecule has 0 saturated carbocycles. The molecule has 3 heteroatoms. The Balaban J connectivity index is 1.66. The number of benzene rings is 2. The van der Waals surface area contributed by atoms with Crippen molar-refractivity contribution < 1.29 is 4.79 Å². The molecule has 2 rings (SSSR count). The standard InChI is InChI=1S/C18H22N2O/c1-15(17-10-6-3-7-11-17)20-14-18(21)19-13-12-16-8-4-2-5-9-16/h2-11,15,20H,12-14H2,1H3,(H,19,21)/t15-/m1/s1. The fourth-order valence-corrected chi connectivity index (χ4v) is 2.16. The molecule has 0 aliphatic carbocycles. The molecule has 0 bridgehead atoms. The average molecular weight is 282 g/mol. The number of rotatable bonds is 7. The first-order valence-electron chi connectivity index (χ1n) is 7.34. The van der Waals surface area contributed by atoms with E-state index >= 15 is 0 Å². The SMILES string of the molecule is C[C@@H](NCC(=O)NCCc1ccccc1)c1ccccc1. The van der Waals surface area contributed by atoms with Gasteiger partial charge in [-0.25, -0.2) is 0 Å². The van der Waals surface area contributed by atoms with Gasteiger partial charge in [0.05, 0.1) is 6.54 Å². The summed E-state index contributed by atoms with van der Waals surface area (Å²) in [5, 5.41) is 6.17.